The van der Waals surface area contributed by atoms with Gasteiger partial charge in [-0.15, -0.1) is 29.3 Å². The van der Waals surface area contributed by atoms with E-state index in [2.05, 4.69) is 130 Å². The fraction of sp³-hybridized carbons (Fsp3) is 0.263. The SMILES string of the molecule is [2H]C([2H])([2H])c1cc(-c2ccccc2)ccc1-n1c(-c2cc(C(C)C)cc(C(C)C)c2O)nc2c(-c3[c-]c(-c4cc(-c5ccc(C(C)(C)C)cc5)ccn4)cc(C(C)(C)C)c3)cccc21.[Pt]. The van der Waals surface area contributed by atoms with Gasteiger partial charge in [0.25, 0.3) is 0 Å². The van der Waals surface area contributed by atoms with Crippen LogP contribution < -0.4 is 0 Å². The van der Waals surface area contributed by atoms with E-state index in [1.165, 1.54) is 5.56 Å². The molecule has 0 saturated carbocycles. The largest absolute Gasteiger partial charge is 0.507 e. The molecule has 0 aliphatic carbocycles. The van der Waals surface area contributed by atoms with E-state index in [1.54, 1.807) is 6.07 Å². The van der Waals surface area contributed by atoms with Crippen LogP contribution >= 0.6 is 0 Å². The summed E-state index contributed by atoms with van der Waals surface area (Å²) in [4.78, 5) is 10.4. The molecule has 8 rings (SSSR count). The van der Waals surface area contributed by atoms with Gasteiger partial charge in [-0.2, -0.15) is 0 Å². The molecule has 318 valence electrons. The van der Waals surface area contributed by atoms with E-state index in [-0.39, 0.29) is 55.0 Å². The van der Waals surface area contributed by atoms with Crippen molar-refractivity contribution < 1.29 is 30.3 Å². The minimum absolute atomic E-state index is 0. The van der Waals surface area contributed by atoms with Crippen LogP contribution in [0.5, 0.6) is 5.75 Å². The van der Waals surface area contributed by atoms with Crippen LogP contribution in [-0.2, 0) is 31.9 Å². The summed E-state index contributed by atoms with van der Waals surface area (Å²) >= 11 is 0. The van der Waals surface area contributed by atoms with Crippen molar-refractivity contribution in [2.75, 3.05) is 0 Å². The van der Waals surface area contributed by atoms with E-state index < -0.39 is 6.85 Å². The number of benzene rings is 6. The molecule has 5 heteroatoms. The minimum atomic E-state index is -2.48. The Morgan fingerprint density at radius 1 is 0.629 bits per heavy atom. The molecule has 0 radical (unpaired) electrons. The molecular formula is C57H58N3OPt-. The molecule has 0 aliphatic heterocycles. The van der Waals surface area contributed by atoms with Crippen LogP contribution in [-0.4, -0.2) is 19.6 Å². The van der Waals surface area contributed by atoms with Gasteiger partial charge in [0, 0.05) is 37.1 Å². The second kappa shape index (κ2) is 17.3. The number of para-hydroxylation sites is 1. The predicted octanol–water partition coefficient (Wildman–Crippen LogP) is 15.4. The summed E-state index contributed by atoms with van der Waals surface area (Å²) in [5.41, 5.74) is 13.9. The van der Waals surface area contributed by atoms with Gasteiger partial charge in [0.1, 0.15) is 11.6 Å². The van der Waals surface area contributed by atoms with Crippen LogP contribution in [0.1, 0.15) is 113 Å². The molecule has 2 heterocycles. The maximum atomic E-state index is 12.2. The van der Waals surface area contributed by atoms with Crippen LogP contribution in [0.2, 0.25) is 0 Å². The summed E-state index contributed by atoms with van der Waals surface area (Å²) in [7, 11) is 0. The Bertz CT molecular complexity index is 3010. The van der Waals surface area contributed by atoms with Gasteiger partial charge in [0.05, 0.1) is 22.3 Å². The maximum absolute atomic E-state index is 12.2. The summed E-state index contributed by atoms with van der Waals surface area (Å²) in [5, 5.41) is 12.2. The monoisotopic (exact) mass is 998 g/mol. The second-order valence-corrected chi connectivity index (χ2v) is 19.1. The summed E-state index contributed by atoms with van der Waals surface area (Å²) < 4.78 is 28.6. The molecule has 0 bridgehead atoms. The van der Waals surface area contributed by atoms with Gasteiger partial charge in [-0.3, -0.25) is 9.55 Å². The maximum Gasteiger partial charge on any atom is 0.148 e. The standard InChI is InChI=1S/C57H58N3O.Pt/c1-35(2)42-32-48(36(3)4)54(61)49(33-42)55-59-53-47(18-15-19-52(53)60(55)51-25-22-40(28-37(51)5)38-16-13-12-14-17-38)43-29-44(31-46(30-43)57(9,10)11)50-34-41(26-27-58-50)39-20-23-45(24-21-39)56(6,7)8;/h12-28,30-36,61H,1-11H3;/q-1;/i5D3;. The predicted molar refractivity (Wildman–Crippen MR) is 257 cm³/mol. The summed E-state index contributed by atoms with van der Waals surface area (Å²) in [6.45, 7) is 19.2. The van der Waals surface area contributed by atoms with Crippen LogP contribution in [0, 0.1) is 12.9 Å². The molecule has 4 nitrogen and oxygen atoms in total. The summed E-state index contributed by atoms with van der Waals surface area (Å²) in [6, 6.07) is 46.7. The molecule has 8 aromatic rings. The molecule has 0 unspecified atom stereocenters. The van der Waals surface area contributed by atoms with Crippen molar-refractivity contribution in [3.05, 3.63) is 167 Å². The number of rotatable bonds is 8. The number of hydrogen-bond acceptors (Lipinski definition) is 3. The first-order valence-corrected chi connectivity index (χ1v) is 21.4. The third-order valence-corrected chi connectivity index (χ3v) is 11.9. The zero-order valence-corrected chi connectivity index (χ0v) is 39.7. The third kappa shape index (κ3) is 8.73. The zero-order valence-electron chi connectivity index (χ0n) is 40.5. The number of phenols is 1. The normalized spacial score (nSPS) is 12.9. The number of nitrogens with zero attached hydrogens (tertiary/aromatic N) is 3. The van der Waals surface area contributed by atoms with E-state index in [4.69, 9.17) is 14.1 Å². The van der Waals surface area contributed by atoms with Crippen molar-refractivity contribution in [3.8, 4) is 67.5 Å². The molecule has 6 aromatic carbocycles. The Hall–Kier alpha value is -5.57. The van der Waals surface area contributed by atoms with E-state index in [0.717, 1.165) is 61.3 Å². The van der Waals surface area contributed by atoms with Gasteiger partial charge >= 0.3 is 0 Å². The summed E-state index contributed by atoms with van der Waals surface area (Å²) in [5.74, 6) is 0.784. The second-order valence-electron chi connectivity index (χ2n) is 19.1. The molecule has 0 fully saturated rings. The number of aromatic nitrogens is 3. The molecule has 62 heavy (non-hydrogen) atoms. The first kappa shape index (κ1) is 40.5. The Morgan fingerprint density at radius 2 is 1.29 bits per heavy atom. The van der Waals surface area contributed by atoms with E-state index in [9.17, 15) is 5.11 Å². The molecular weight excluding hydrogens is 938 g/mol. The quantitative estimate of drug-likeness (QED) is 0.154. The molecule has 1 N–H and O–H groups in total. The number of pyridine rings is 1. The van der Waals surface area contributed by atoms with Gasteiger partial charge in [-0.1, -0.05) is 165 Å². The average molecular weight is 999 g/mol. The Morgan fingerprint density at radius 3 is 1.95 bits per heavy atom. The number of aryl methyl sites for hydroxylation is 1. The van der Waals surface area contributed by atoms with E-state index in [0.29, 0.717) is 28.1 Å². The van der Waals surface area contributed by atoms with Crippen molar-refractivity contribution >= 4 is 11.0 Å². The average Bonchev–Trinajstić information content (AvgIpc) is 3.65. The Kier molecular flexibility index (Phi) is 11.3. The fourth-order valence-electron chi connectivity index (χ4n) is 8.11. The van der Waals surface area contributed by atoms with Crippen LogP contribution in [0.3, 0.4) is 0 Å². The number of fused-ring (bicyclic) bond motifs is 1. The fourth-order valence-corrected chi connectivity index (χ4v) is 8.11. The van der Waals surface area contributed by atoms with E-state index >= 15 is 0 Å². The number of imidazole rings is 1. The smallest absolute Gasteiger partial charge is 0.148 e. The molecule has 2 aromatic heterocycles. The van der Waals surface area contributed by atoms with Crippen molar-refractivity contribution in [2.45, 2.75) is 98.8 Å². The molecule has 0 aliphatic rings. The topological polar surface area (TPSA) is 50.9 Å². The van der Waals surface area contributed by atoms with Gasteiger partial charge in [0.15, 0.2) is 0 Å². The third-order valence-electron chi connectivity index (χ3n) is 11.9. The zero-order chi connectivity index (χ0) is 45.9. The molecule has 0 atom stereocenters. The number of aromatic hydroxyl groups is 1. The first-order chi connectivity index (χ1) is 30.2. The van der Waals surface area contributed by atoms with Crippen molar-refractivity contribution in [2.24, 2.45) is 0 Å². The van der Waals surface area contributed by atoms with Crippen molar-refractivity contribution in [3.63, 3.8) is 0 Å². The van der Waals surface area contributed by atoms with Gasteiger partial charge in [0.2, 0.25) is 0 Å². The van der Waals surface area contributed by atoms with Crippen molar-refractivity contribution in [1.82, 2.24) is 14.5 Å². The Balaban J connectivity index is 0.00000630. The van der Waals surface area contributed by atoms with E-state index in [1.807, 2.05) is 77.5 Å². The molecule has 0 saturated heterocycles. The van der Waals surface area contributed by atoms with Gasteiger partial charge in [-0.05, 0) is 104 Å². The van der Waals surface area contributed by atoms with Crippen LogP contribution in [0.15, 0.2) is 134 Å². The summed E-state index contributed by atoms with van der Waals surface area (Å²) in [6.07, 6.45) is 1.86. The van der Waals surface area contributed by atoms with Crippen LogP contribution in [0.4, 0.5) is 0 Å². The number of phenolic OH excluding ortho intramolecular Hbond substituents is 1. The van der Waals surface area contributed by atoms with Gasteiger partial charge in [-0.25, -0.2) is 4.98 Å². The Labute approximate surface area is 387 Å². The van der Waals surface area contributed by atoms with Crippen LogP contribution in [0.25, 0.3) is 72.7 Å². The van der Waals surface area contributed by atoms with Crippen molar-refractivity contribution in [1.29, 1.82) is 0 Å². The molecule has 0 spiro atoms. The number of hydrogen-bond donors (Lipinski definition) is 1. The van der Waals surface area contributed by atoms with Gasteiger partial charge < -0.3 is 5.11 Å². The first-order valence-electron chi connectivity index (χ1n) is 22.9. The minimum Gasteiger partial charge on any atom is -0.507 e. The molecule has 0 amide bonds.